The van der Waals surface area contributed by atoms with Gasteiger partial charge >= 0.3 is 0 Å². The molecule has 1 saturated heterocycles. The number of benzene rings is 1. The lowest BCUT2D eigenvalue weighted by atomic mass is 9.93. The quantitative estimate of drug-likeness (QED) is 0.846. The van der Waals surface area contributed by atoms with Crippen LogP contribution in [-0.4, -0.2) is 50.1 Å². The highest BCUT2D eigenvalue weighted by Gasteiger charge is 2.51. The molecule has 2 aliphatic rings. The number of hydrogen-bond donors (Lipinski definition) is 2. The van der Waals surface area contributed by atoms with Gasteiger partial charge < -0.3 is 19.9 Å². The smallest absolute Gasteiger partial charge is 0.230 e. The third kappa shape index (κ3) is 2.89. The van der Waals surface area contributed by atoms with E-state index in [4.69, 9.17) is 9.47 Å². The molecule has 1 aromatic rings. The Kier molecular flexibility index (Phi) is 4.47. The summed E-state index contributed by atoms with van der Waals surface area (Å²) >= 11 is 0. The third-order valence-electron chi connectivity index (χ3n) is 4.82. The van der Waals surface area contributed by atoms with Crippen molar-refractivity contribution in [1.29, 1.82) is 0 Å². The van der Waals surface area contributed by atoms with Gasteiger partial charge in [0.15, 0.2) is 0 Å². The lowest BCUT2D eigenvalue weighted by molar-refractivity contribution is -0.137. The summed E-state index contributed by atoms with van der Waals surface area (Å²) < 4.78 is 10.6. The molecule has 0 aromatic heterocycles. The van der Waals surface area contributed by atoms with Crippen molar-refractivity contribution in [3.05, 3.63) is 35.9 Å². The van der Waals surface area contributed by atoms with Crippen LogP contribution >= 0.6 is 0 Å². The highest BCUT2D eigenvalue weighted by Crippen LogP contribution is 2.48. The molecule has 0 radical (unpaired) electrons. The summed E-state index contributed by atoms with van der Waals surface area (Å²) in [4.78, 5) is 12.6. The van der Waals surface area contributed by atoms with E-state index in [0.29, 0.717) is 19.8 Å². The van der Waals surface area contributed by atoms with E-state index < -0.39 is 6.10 Å². The normalized spacial score (nSPS) is 29.8. The van der Waals surface area contributed by atoms with E-state index in [1.807, 2.05) is 30.3 Å². The fraction of sp³-hybridized carbons (Fsp3) is 0.588. The van der Waals surface area contributed by atoms with Gasteiger partial charge in [-0.05, 0) is 18.4 Å². The Hall–Kier alpha value is -1.43. The standard InChI is InChI=1S/C17H23NO4/c1-21-14-11-22-10-12(15(14)19)9-18-16(20)17(7-8-17)13-5-3-2-4-6-13/h2-6,12,14-15,19H,7-11H2,1H3,(H,18,20)/t12-,14-,15+/m1/s1. The molecule has 1 aliphatic heterocycles. The Bertz CT molecular complexity index is 515. The van der Waals surface area contributed by atoms with Crippen molar-refractivity contribution in [3.8, 4) is 0 Å². The van der Waals surface area contributed by atoms with Gasteiger partial charge in [-0.15, -0.1) is 0 Å². The topological polar surface area (TPSA) is 67.8 Å². The van der Waals surface area contributed by atoms with E-state index in [1.165, 1.54) is 0 Å². The summed E-state index contributed by atoms with van der Waals surface area (Å²) in [7, 11) is 1.56. The van der Waals surface area contributed by atoms with Crippen LogP contribution in [0.25, 0.3) is 0 Å². The van der Waals surface area contributed by atoms with Gasteiger partial charge in [0.25, 0.3) is 0 Å². The fourth-order valence-electron chi connectivity index (χ4n) is 3.15. The molecule has 1 heterocycles. The number of methoxy groups -OCH3 is 1. The monoisotopic (exact) mass is 305 g/mol. The number of aliphatic hydroxyl groups excluding tert-OH is 1. The van der Waals surface area contributed by atoms with Gasteiger partial charge in [0.05, 0.1) is 24.7 Å². The second kappa shape index (κ2) is 6.36. The molecule has 1 saturated carbocycles. The zero-order valence-corrected chi connectivity index (χ0v) is 12.8. The molecule has 22 heavy (non-hydrogen) atoms. The van der Waals surface area contributed by atoms with E-state index >= 15 is 0 Å². The van der Waals surface area contributed by atoms with Crippen LogP contribution in [0.4, 0.5) is 0 Å². The van der Waals surface area contributed by atoms with Crippen molar-refractivity contribution in [2.24, 2.45) is 5.92 Å². The average Bonchev–Trinajstić information content (AvgIpc) is 3.36. The highest BCUT2D eigenvalue weighted by molar-refractivity contribution is 5.91. The molecule has 3 rings (SSSR count). The third-order valence-corrected chi connectivity index (χ3v) is 4.82. The molecular formula is C17H23NO4. The van der Waals surface area contributed by atoms with Crippen LogP contribution in [0.3, 0.4) is 0 Å². The average molecular weight is 305 g/mol. The predicted molar refractivity (Wildman–Crippen MR) is 81.5 cm³/mol. The zero-order valence-electron chi connectivity index (χ0n) is 12.8. The molecule has 1 aromatic carbocycles. The van der Waals surface area contributed by atoms with E-state index in [-0.39, 0.29) is 23.3 Å². The van der Waals surface area contributed by atoms with Crippen molar-refractivity contribution in [2.45, 2.75) is 30.5 Å². The summed E-state index contributed by atoms with van der Waals surface area (Å²) in [6.45, 7) is 1.25. The molecule has 2 N–H and O–H groups in total. The van der Waals surface area contributed by atoms with Crippen molar-refractivity contribution < 1.29 is 19.4 Å². The molecule has 0 spiro atoms. The summed E-state index contributed by atoms with van der Waals surface area (Å²) in [5, 5.41) is 13.2. The van der Waals surface area contributed by atoms with E-state index in [9.17, 15) is 9.90 Å². The molecular weight excluding hydrogens is 282 g/mol. The first-order valence-electron chi connectivity index (χ1n) is 7.80. The SMILES string of the molecule is CO[C@@H]1COC[C@@H](CNC(=O)C2(c3ccccc3)CC2)[C@@H]1O. The van der Waals surface area contributed by atoms with Gasteiger partial charge in [0, 0.05) is 19.6 Å². The predicted octanol–water partition coefficient (Wildman–Crippen LogP) is 0.857. The van der Waals surface area contributed by atoms with Gasteiger partial charge in [-0.2, -0.15) is 0 Å². The molecule has 5 heteroatoms. The molecule has 5 nitrogen and oxygen atoms in total. The molecule has 120 valence electrons. The Balaban J connectivity index is 1.59. The first kappa shape index (κ1) is 15.5. The van der Waals surface area contributed by atoms with Gasteiger partial charge in [0.1, 0.15) is 6.10 Å². The van der Waals surface area contributed by atoms with Gasteiger partial charge in [0.2, 0.25) is 5.91 Å². The lowest BCUT2D eigenvalue weighted by Crippen LogP contribution is -2.50. The lowest BCUT2D eigenvalue weighted by Gasteiger charge is -2.34. The minimum absolute atomic E-state index is 0.0467. The highest BCUT2D eigenvalue weighted by atomic mass is 16.5. The van der Waals surface area contributed by atoms with Crippen LogP contribution in [0.5, 0.6) is 0 Å². The first-order valence-corrected chi connectivity index (χ1v) is 7.80. The van der Waals surface area contributed by atoms with E-state index in [0.717, 1.165) is 18.4 Å². The Morgan fingerprint density at radius 2 is 2.09 bits per heavy atom. The number of carbonyl (C=O) groups is 1. The molecule has 0 unspecified atom stereocenters. The molecule has 3 atom stereocenters. The Labute approximate surface area is 130 Å². The maximum absolute atomic E-state index is 12.6. The second-order valence-corrected chi connectivity index (χ2v) is 6.22. The first-order chi connectivity index (χ1) is 10.7. The summed E-state index contributed by atoms with van der Waals surface area (Å²) in [6.07, 6.45) is 0.839. The summed E-state index contributed by atoms with van der Waals surface area (Å²) in [5.74, 6) is -0.0836. The van der Waals surface area contributed by atoms with Crippen molar-refractivity contribution >= 4 is 5.91 Å². The number of ether oxygens (including phenoxy) is 2. The number of hydrogen-bond acceptors (Lipinski definition) is 4. The Morgan fingerprint density at radius 1 is 1.36 bits per heavy atom. The molecule has 0 bridgehead atoms. The van der Waals surface area contributed by atoms with E-state index in [1.54, 1.807) is 7.11 Å². The number of nitrogens with one attached hydrogen (secondary N) is 1. The van der Waals surface area contributed by atoms with Crippen LogP contribution in [-0.2, 0) is 19.7 Å². The largest absolute Gasteiger partial charge is 0.390 e. The van der Waals surface area contributed by atoms with Crippen LogP contribution in [0.15, 0.2) is 30.3 Å². The van der Waals surface area contributed by atoms with Crippen molar-refractivity contribution in [2.75, 3.05) is 26.9 Å². The van der Waals surface area contributed by atoms with E-state index in [2.05, 4.69) is 5.32 Å². The molecule has 1 amide bonds. The van der Waals surface area contributed by atoms with Gasteiger partial charge in [-0.3, -0.25) is 4.79 Å². The number of aliphatic hydroxyl groups is 1. The summed E-state index contributed by atoms with van der Waals surface area (Å²) in [6, 6.07) is 9.89. The maximum atomic E-state index is 12.6. The minimum atomic E-state index is -0.606. The summed E-state index contributed by atoms with van der Waals surface area (Å²) in [5.41, 5.74) is 0.699. The fourth-order valence-corrected chi connectivity index (χ4v) is 3.15. The van der Waals surface area contributed by atoms with Crippen molar-refractivity contribution in [3.63, 3.8) is 0 Å². The minimum Gasteiger partial charge on any atom is -0.390 e. The zero-order chi connectivity index (χ0) is 15.6. The number of carbonyl (C=O) groups excluding carboxylic acids is 1. The maximum Gasteiger partial charge on any atom is 0.230 e. The van der Waals surface area contributed by atoms with Gasteiger partial charge in [-0.25, -0.2) is 0 Å². The molecule has 2 fully saturated rings. The van der Waals surface area contributed by atoms with Gasteiger partial charge in [-0.1, -0.05) is 30.3 Å². The number of rotatable bonds is 5. The van der Waals surface area contributed by atoms with Crippen LogP contribution in [0.1, 0.15) is 18.4 Å². The molecule has 1 aliphatic carbocycles. The van der Waals surface area contributed by atoms with Crippen LogP contribution < -0.4 is 5.32 Å². The number of amides is 1. The van der Waals surface area contributed by atoms with Crippen LogP contribution in [0.2, 0.25) is 0 Å². The second-order valence-electron chi connectivity index (χ2n) is 6.22. The van der Waals surface area contributed by atoms with Crippen LogP contribution in [0, 0.1) is 5.92 Å². The Morgan fingerprint density at radius 3 is 2.73 bits per heavy atom. The van der Waals surface area contributed by atoms with Crippen molar-refractivity contribution in [1.82, 2.24) is 5.32 Å².